The lowest BCUT2D eigenvalue weighted by Gasteiger charge is -2.47. The Labute approximate surface area is 221 Å². The molecule has 6 atom stereocenters. The lowest BCUT2D eigenvalue weighted by atomic mass is 9.97. The minimum Gasteiger partial charge on any atom is -0.453 e. The third kappa shape index (κ3) is 5.65. The van der Waals surface area contributed by atoms with Gasteiger partial charge in [-0.25, -0.2) is 4.79 Å². The molecular formula is C28H28O9S. The highest BCUT2D eigenvalue weighted by Gasteiger charge is 2.54. The van der Waals surface area contributed by atoms with Crippen molar-refractivity contribution in [1.29, 1.82) is 0 Å². The summed E-state index contributed by atoms with van der Waals surface area (Å²) in [5, 5.41) is 0. The zero-order valence-electron chi connectivity index (χ0n) is 20.8. The Morgan fingerprint density at radius 3 is 2.18 bits per heavy atom. The van der Waals surface area contributed by atoms with Gasteiger partial charge < -0.3 is 23.7 Å². The fraction of sp³-hybridized carbons (Fsp3) is 0.321. The van der Waals surface area contributed by atoms with Crippen LogP contribution in [0.2, 0.25) is 0 Å². The van der Waals surface area contributed by atoms with E-state index in [0.29, 0.717) is 0 Å². The number of rotatable bonds is 7. The second kappa shape index (κ2) is 11.3. The largest absolute Gasteiger partial charge is 0.453 e. The number of carbonyl (C=O) groups excluding carboxylic acids is 1. The summed E-state index contributed by atoms with van der Waals surface area (Å²) in [4.78, 5) is 13.1. The van der Waals surface area contributed by atoms with E-state index in [4.69, 9.17) is 27.9 Å². The summed E-state index contributed by atoms with van der Waals surface area (Å²) in [6, 6.07) is 23.8. The van der Waals surface area contributed by atoms with E-state index >= 15 is 0 Å². The standard InChI is InChI=1S/C28H28O9S/c1-18-13-15-21(16-14-18)38(30,31)37-25-24(35-26(29)19-9-5-3-6-10-19)23-22(34-28(25)32-2)17-33-27(36-23)20-11-7-4-8-12-20/h3-16,22-25,27-28H,17H2,1-2H3/t22-,23+,24+,25-,27?,28+/m1/s1. The molecule has 0 amide bonds. The third-order valence-corrected chi connectivity index (χ3v) is 7.71. The van der Waals surface area contributed by atoms with Crippen LogP contribution in [0.3, 0.4) is 0 Å². The van der Waals surface area contributed by atoms with Crippen molar-refractivity contribution in [2.45, 2.75) is 48.8 Å². The molecule has 2 saturated heterocycles. The van der Waals surface area contributed by atoms with E-state index in [1.54, 1.807) is 42.5 Å². The first-order valence-electron chi connectivity index (χ1n) is 12.1. The van der Waals surface area contributed by atoms with E-state index in [1.807, 2.05) is 37.3 Å². The fourth-order valence-corrected chi connectivity index (χ4v) is 5.50. The predicted molar refractivity (Wildman–Crippen MR) is 135 cm³/mol. The Morgan fingerprint density at radius 1 is 0.868 bits per heavy atom. The molecule has 9 nitrogen and oxygen atoms in total. The molecule has 0 aliphatic carbocycles. The molecule has 1 unspecified atom stereocenters. The SMILES string of the molecule is CO[C@H]1O[C@@H]2COC(c3ccccc3)O[C@@H]2[C@H](OC(=O)c2ccccc2)[C@H]1OS(=O)(=O)c1ccc(C)cc1. The van der Waals surface area contributed by atoms with E-state index in [0.717, 1.165) is 11.1 Å². The number of methoxy groups -OCH3 is 1. The van der Waals surface area contributed by atoms with Crippen LogP contribution in [0.25, 0.3) is 0 Å². The summed E-state index contributed by atoms with van der Waals surface area (Å²) in [5.41, 5.74) is 1.92. The summed E-state index contributed by atoms with van der Waals surface area (Å²) in [5.74, 6) is -0.668. The Balaban J connectivity index is 1.49. The zero-order valence-corrected chi connectivity index (χ0v) is 21.7. The highest BCUT2D eigenvalue weighted by molar-refractivity contribution is 7.86. The topological polar surface area (TPSA) is 107 Å². The van der Waals surface area contributed by atoms with Gasteiger partial charge in [-0.2, -0.15) is 8.42 Å². The molecule has 2 aliphatic rings. The molecular weight excluding hydrogens is 512 g/mol. The molecule has 10 heteroatoms. The lowest BCUT2D eigenvalue weighted by molar-refractivity contribution is -0.353. The molecule has 3 aromatic carbocycles. The van der Waals surface area contributed by atoms with E-state index < -0.39 is 53.1 Å². The summed E-state index contributed by atoms with van der Waals surface area (Å²) in [7, 11) is -2.94. The lowest BCUT2D eigenvalue weighted by Crippen LogP contribution is -2.64. The van der Waals surface area contributed by atoms with Gasteiger partial charge >= 0.3 is 5.97 Å². The monoisotopic (exact) mass is 540 g/mol. The molecule has 0 N–H and O–H groups in total. The zero-order chi connectivity index (χ0) is 26.7. The van der Waals surface area contributed by atoms with Crippen molar-refractivity contribution in [1.82, 2.24) is 0 Å². The van der Waals surface area contributed by atoms with E-state index in [9.17, 15) is 13.2 Å². The molecule has 0 saturated carbocycles. The highest BCUT2D eigenvalue weighted by Crippen LogP contribution is 2.37. The van der Waals surface area contributed by atoms with Crippen molar-refractivity contribution < 1.29 is 41.1 Å². The number of hydrogen-bond donors (Lipinski definition) is 0. The van der Waals surface area contributed by atoms with Crippen LogP contribution in [0.15, 0.2) is 89.8 Å². The van der Waals surface area contributed by atoms with Gasteiger partial charge in [0.1, 0.15) is 12.2 Å². The maximum Gasteiger partial charge on any atom is 0.338 e. The van der Waals surface area contributed by atoms with Crippen molar-refractivity contribution in [2.24, 2.45) is 0 Å². The summed E-state index contributed by atoms with van der Waals surface area (Å²) in [6.07, 6.45) is -6.17. The predicted octanol–water partition coefficient (Wildman–Crippen LogP) is 3.78. The van der Waals surface area contributed by atoms with Gasteiger partial charge in [-0.05, 0) is 31.2 Å². The first kappa shape index (κ1) is 26.5. The minimum atomic E-state index is -4.29. The van der Waals surface area contributed by atoms with E-state index in [1.165, 1.54) is 19.2 Å². The molecule has 2 aliphatic heterocycles. The molecule has 200 valence electrons. The molecule has 2 heterocycles. The summed E-state index contributed by atoms with van der Waals surface area (Å²) in [6.45, 7) is 1.94. The average molecular weight is 541 g/mol. The molecule has 0 aromatic heterocycles. The number of carbonyl (C=O) groups is 1. The third-order valence-electron chi connectivity index (χ3n) is 6.39. The summed E-state index contributed by atoms with van der Waals surface area (Å²) < 4.78 is 61.7. The maximum atomic E-state index is 13.3. The van der Waals surface area contributed by atoms with Crippen molar-refractivity contribution in [3.05, 3.63) is 102 Å². The van der Waals surface area contributed by atoms with Crippen molar-refractivity contribution in [3.8, 4) is 0 Å². The van der Waals surface area contributed by atoms with Gasteiger partial charge in [0.05, 0.1) is 17.1 Å². The number of fused-ring (bicyclic) bond motifs is 1. The molecule has 3 aromatic rings. The van der Waals surface area contributed by atoms with Gasteiger partial charge in [0.25, 0.3) is 10.1 Å². The van der Waals surface area contributed by atoms with Gasteiger partial charge in [0.15, 0.2) is 24.8 Å². The van der Waals surface area contributed by atoms with Crippen molar-refractivity contribution in [3.63, 3.8) is 0 Å². The first-order chi connectivity index (χ1) is 18.4. The van der Waals surface area contributed by atoms with Gasteiger partial charge in [-0.15, -0.1) is 0 Å². The number of hydrogen-bond acceptors (Lipinski definition) is 9. The maximum absolute atomic E-state index is 13.3. The Hall–Kier alpha value is -3.12. The normalized spacial score (nSPS) is 27.3. The minimum absolute atomic E-state index is 0.0525. The van der Waals surface area contributed by atoms with Crippen LogP contribution in [0.1, 0.15) is 27.8 Å². The molecule has 5 rings (SSSR count). The quantitative estimate of drug-likeness (QED) is 0.327. The molecule has 0 bridgehead atoms. The van der Waals surface area contributed by atoms with Crippen LogP contribution in [0, 0.1) is 6.92 Å². The van der Waals surface area contributed by atoms with Gasteiger partial charge in [-0.1, -0.05) is 66.2 Å². The van der Waals surface area contributed by atoms with Crippen molar-refractivity contribution in [2.75, 3.05) is 13.7 Å². The van der Waals surface area contributed by atoms with Gasteiger partial charge in [-0.3, -0.25) is 4.18 Å². The Bertz CT molecular complexity index is 1330. The van der Waals surface area contributed by atoms with E-state index in [-0.39, 0.29) is 17.1 Å². The van der Waals surface area contributed by atoms with Crippen LogP contribution in [0.4, 0.5) is 0 Å². The second-order valence-corrected chi connectivity index (χ2v) is 10.6. The molecule has 0 radical (unpaired) electrons. The van der Waals surface area contributed by atoms with Gasteiger partial charge in [0.2, 0.25) is 0 Å². The highest BCUT2D eigenvalue weighted by atomic mass is 32.2. The molecule has 38 heavy (non-hydrogen) atoms. The second-order valence-electron chi connectivity index (χ2n) is 9.02. The van der Waals surface area contributed by atoms with Crippen LogP contribution in [-0.4, -0.2) is 58.8 Å². The molecule has 0 spiro atoms. The van der Waals surface area contributed by atoms with Gasteiger partial charge in [0, 0.05) is 12.7 Å². The van der Waals surface area contributed by atoms with Crippen LogP contribution >= 0.6 is 0 Å². The van der Waals surface area contributed by atoms with Crippen LogP contribution < -0.4 is 0 Å². The van der Waals surface area contributed by atoms with E-state index in [2.05, 4.69) is 0 Å². The first-order valence-corrected chi connectivity index (χ1v) is 13.5. The number of esters is 1. The number of benzene rings is 3. The number of aryl methyl sites for hydroxylation is 1. The van der Waals surface area contributed by atoms with Crippen LogP contribution in [-0.2, 0) is 38.0 Å². The number of ether oxygens (including phenoxy) is 5. The molecule has 2 fully saturated rings. The average Bonchev–Trinajstić information content (AvgIpc) is 2.94. The van der Waals surface area contributed by atoms with Crippen molar-refractivity contribution >= 4 is 16.1 Å². The summed E-state index contributed by atoms with van der Waals surface area (Å²) >= 11 is 0. The smallest absolute Gasteiger partial charge is 0.338 e. The Kier molecular flexibility index (Phi) is 7.89. The Morgan fingerprint density at radius 2 is 1.53 bits per heavy atom. The van der Waals surface area contributed by atoms with Crippen LogP contribution in [0.5, 0.6) is 0 Å². The fourth-order valence-electron chi connectivity index (χ4n) is 4.43.